The fourth-order valence-electron chi connectivity index (χ4n) is 2.17. The fourth-order valence-corrected chi connectivity index (χ4v) is 3.14. The highest BCUT2D eigenvalue weighted by atomic mass is 35.5. The van der Waals surface area contributed by atoms with Crippen LogP contribution in [0.25, 0.3) is 0 Å². The number of carbonyl (C=O) groups is 1. The minimum Gasteiger partial charge on any atom is -0.497 e. The molecule has 0 N–H and O–H groups in total. The van der Waals surface area contributed by atoms with Gasteiger partial charge in [-0.3, -0.25) is 4.79 Å². The molecule has 0 spiro atoms. The average molecular weight is 409 g/mol. The lowest BCUT2D eigenvalue weighted by Gasteiger charge is -2.01. The number of thioether (sulfide) groups is 1. The number of hydrogen-bond acceptors (Lipinski definition) is 6. The van der Waals surface area contributed by atoms with Gasteiger partial charge in [-0.1, -0.05) is 47.1 Å². The van der Waals surface area contributed by atoms with Crippen LogP contribution in [-0.4, -0.2) is 28.8 Å². The Morgan fingerprint density at radius 2 is 1.88 bits per heavy atom. The lowest BCUT2D eigenvalue weighted by molar-refractivity contribution is 0.102. The first kappa shape index (κ1) is 18.8. The summed E-state index contributed by atoms with van der Waals surface area (Å²) < 4.78 is 10.7. The summed E-state index contributed by atoms with van der Waals surface area (Å²) in [5.41, 5.74) is 1.52. The van der Waals surface area contributed by atoms with Crippen molar-refractivity contribution in [1.29, 1.82) is 0 Å². The van der Waals surface area contributed by atoms with E-state index in [1.165, 1.54) is 11.8 Å². The summed E-state index contributed by atoms with van der Waals surface area (Å²) in [6, 6.07) is 12.4. The molecule has 2 aromatic carbocycles. The van der Waals surface area contributed by atoms with E-state index in [2.05, 4.69) is 10.2 Å². The predicted octanol–water partition coefficient (Wildman–Crippen LogP) is 4.95. The van der Waals surface area contributed by atoms with Crippen LogP contribution in [0.2, 0.25) is 10.0 Å². The highest BCUT2D eigenvalue weighted by Gasteiger charge is 2.13. The van der Waals surface area contributed by atoms with Crippen molar-refractivity contribution in [3.8, 4) is 5.75 Å². The maximum absolute atomic E-state index is 12.2. The third kappa shape index (κ3) is 4.78. The highest BCUT2D eigenvalue weighted by molar-refractivity contribution is 7.99. The van der Waals surface area contributed by atoms with E-state index < -0.39 is 0 Å². The number of Topliss-reactive ketones (excluding diaryl/α,β-unsaturated/α-hetero) is 1. The van der Waals surface area contributed by atoms with Gasteiger partial charge in [0.2, 0.25) is 5.89 Å². The van der Waals surface area contributed by atoms with Gasteiger partial charge in [-0.2, -0.15) is 0 Å². The lowest BCUT2D eigenvalue weighted by atomic mass is 10.1. The number of benzene rings is 2. The van der Waals surface area contributed by atoms with Crippen LogP contribution in [0, 0.1) is 0 Å². The number of halogens is 2. The summed E-state index contributed by atoms with van der Waals surface area (Å²) >= 11 is 13.0. The second kappa shape index (κ2) is 8.58. The summed E-state index contributed by atoms with van der Waals surface area (Å²) in [6.07, 6.45) is 0.512. The molecule has 0 unspecified atom stereocenters. The highest BCUT2D eigenvalue weighted by Crippen LogP contribution is 2.25. The predicted molar refractivity (Wildman–Crippen MR) is 102 cm³/mol. The summed E-state index contributed by atoms with van der Waals surface area (Å²) in [7, 11) is 1.62. The zero-order valence-corrected chi connectivity index (χ0v) is 16.1. The second-order valence-electron chi connectivity index (χ2n) is 5.33. The Kier molecular flexibility index (Phi) is 6.19. The molecule has 8 heteroatoms. The van der Waals surface area contributed by atoms with Crippen molar-refractivity contribution in [2.75, 3.05) is 12.9 Å². The maximum atomic E-state index is 12.2. The molecule has 0 saturated carbocycles. The number of methoxy groups -OCH3 is 1. The van der Waals surface area contributed by atoms with E-state index in [9.17, 15) is 4.79 Å². The van der Waals surface area contributed by atoms with Crippen molar-refractivity contribution in [2.24, 2.45) is 0 Å². The lowest BCUT2D eigenvalue weighted by Crippen LogP contribution is -2.02. The Morgan fingerprint density at radius 3 is 2.58 bits per heavy atom. The van der Waals surface area contributed by atoms with Crippen molar-refractivity contribution in [3.63, 3.8) is 0 Å². The molecule has 134 valence electrons. The van der Waals surface area contributed by atoms with Gasteiger partial charge in [0.05, 0.1) is 29.3 Å². The number of hydrogen-bond donors (Lipinski definition) is 0. The molecule has 1 aromatic heterocycles. The maximum Gasteiger partial charge on any atom is 0.277 e. The van der Waals surface area contributed by atoms with Gasteiger partial charge in [-0.05, 0) is 35.9 Å². The molecule has 0 aliphatic heterocycles. The van der Waals surface area contributed by atoms with Crippen LogP contribution in [0.5, 0.6) is 5.75 Å². The van der Waals surface area contributed by atoms with Gasteiger partial charge in [0.25, 0.3) is 5.22 Å². The monoisotopic (exact) mass is 408 g/mol. The Labute approximate surface area is 164 Å². The zero-order chi connectivity index (χ0) is 18.5. The van der Waals surface area contributed by atoms with E-state index in [1.54, 1.807) is 25.3 Å². The van der Waals surface area contributed by atoms with Crippen LogP contribution in [0.4, 0.5) is 0 Å². The quantitative estimate of drug-likeness (QED) is 0.406. The number of nitrogens with zero attached hydrogens (tertiary/aromatic N) is 2. The Morgan fingerprint density at radius 1 is 1.12 bits per heavy atom. The molecule has 3 aromatic rings. The standard InChI is InChI=1S/C18H14Cl2N2O3S/c1-24-13-5-2-11(3-6-13)8-17-21-22-18(25-17)26-10-16(23)12-4-7-14(19)15(20)9-12/h2-7,9H,8,10H2,1H3. The molecule has 0 saturated heterocycles. The van der Waals surface area contributed by atoms with Crippen molar-refractivity contribution < 1.29 is 13.9 Å². The van der Waals surface area contributed by atoms with Gasteiger partial charge >= 0.3 is 0 Å². The number of rotatable bonds is 7. The minimum absolute atomic E-state index is 0.0940. The first-order valence-corrected chi connectivity index (χ1v) is 9.35. The van der Waals surface area contributed by atoms with Crippen molar-refractivity contribution in [3.05, 3.63) is 69.5 Å². The number of carbonyl (C=O) groups excluding carboxylic acids is 1. The van der Waals surface area contributed by atoms with E-state index in [1.807, 2.05) is 24.3 Å². The second-order valence-corrected chi connectivity index (χ2v) is 7.07. The largest absolute Gasteiger partial charge is 0.497 e. The van der Waals surface area contributed by atoms with Gasteiger partial charge in [-0.15, -0.1) is 10.2 Å². The smallest absolute Gasteiger partial charge is 0.277 e. The molecular formula is C18H14Cl2N2O3S. The van der Waals surface area contributed by atoms with Crippen LogP contribution >= 0.6 is 35.0 Å². The van der Waals surface area contributed by atoms with Crippen molar-refractivity contribution >= 4 is 40.7 Å². The fraction of sp³-hybridized carbons (Fsp3) is 0.167. The van der Waals surface area contributed by atoms with Gasteiger partial charge in [0, 0.05) is 5.56 Å². The van der Waals surface area contributed by atoms with Crippen LogP contribution in [0.15, 0.2) is 52.1 Å². The minimum atomic E-state index is -0.0940. The molecule has 0 amide bonds. The molecule has 5 nitrogen and oxygen atoms in total. The molecule has 26 heavy (non-hydrogen) atoms. The van der Waals surface area contributed by atoms with E-state index in [0.717, 1.165) is 11.3 Å². The van der Waals surface area contributed by atoms with Crippen molar-refractivity contribution in [1.82, 2.24) is 10.2 Å². The zero-order valence-electron chi connectivity index (χ0n) is 13.7. The number of ketones is 1. The third-order valence-corrected chi connectivity index (χ3v) is 5.09. The normalized spacial score (nSPS) is 10.7. The number of ether oxygens (including phenoxy) is 1. The molecule has 0 bridgehead atoms. The molecule has 0 aliphatic carbocycles. The van der Waals surface area contributed by atoms with E-state index in [-0.39, 0.29) is 11.5 Å². The van der Waals surface area contributed by atoms with Gasteiger partial charge in [-0.25, -0.2) is 0 Å². The average Bonchev–Trinajstić information content (AvgIpc) is 3.10. The third-order valence-electron chi connectivity index (χ3n) is 3.53. The summed E-state index contributed by atoms with van der Waals surface area (Å²) in [5.74, 6) is 1.35. The van der Waals surface area contributed by atoms with Crippen LogP contribution < -0.4 is 4.74 Å². The summed E-state index contributed by atoms with van der Waals surface area (Å²) in [4.78, 5) is 12.2. The van der Waals surface area contributed by atoms with Gasteiger partial charge < -0.3 is 9.15 Å². The first-order valence-electron chi connectivity index (χ1n) is 7.61. The first-order chi connectivity index (χ1) is 12.5. The topological polar surface area (TPSA) is 65.2 Å². The SMILES string of the molecule is COc1ccc(Cc2nnc(SCC(=O)c3ccc(Cl)c(Cl)c3)o2)cc1. The molecule has 1 heterocycles. The van der Waals surface area contributed by atoms with E-state index >= 15 is 0 Å². The van der Waals surface area contributed by atoms with Gasteiger partial charge in [0.1, 0.15) is 5.75 Å². The molecular weight excluding hydrogens is 395 g/mol. The summed E-state index contributed by atoms with van der Waals surface area (Å²) in [6.45, 7) is 0. The molecule has 3 rings (SSSR count). The summed E-state index contributed by atoms with van der Waals surface area (Å²) in [5, 5.41) is 9.09. The molecule has 0 radical (unpaired) electrons. The van der Waals surface area contributed by atoms with Crippen LogP contribution in [-0.2, 0) is 6.42 Å². The molecule has 0 fully saturated rings. The van der Waals surface area contributed by atoms with Crippen LogP contribution in [0.3, 0.4) is 0 Å². The molecule has 0 aliphatic rings. The van der Waals surface area contributed by atoms with Crippen molar-refractivity contribution in [2.45, 2.75) is 11.6 Å². The van der Waals surface area contributed by atoms with Gasteiger partial charge in [0.15, 0.2) is 5.78 Å². The van der Waals surface area contributed by atoms with E-state index in [4.69, 9.17) is 32.4 Å². The Hall–Kier alpha value is -2.02. The Balaban J connectivity index is 1.57. The number of aromatic nitrogens is 2. The van der Waals surface area contributed by atoms with Crippen LogP contribution in [0.1, 0.15) is 21.8 Å². The van der Waals surface area contributed by atoms with E-state index in [0.29, 0.717) is 33.1 Å². The Bertz CT molecular complexity index is 913. The molecule has 0 atom stereocenters.